The first-order valence-corrected chi connectivity index (χ1v) is 6.87. The number of carboxylic acid groups (broad SMARTS) is 1. The summed E-state index contributed by atoms with van der Waals surface area (Å²) in [6.45, 7) is 6.18. The molecule has 5 heteroatoms. The van der Waals surface area contributed by atoms with Gasteiger partial charge in [-0.1, -0.05) is 32.9 Å². The van der Waals surface area contributed by atoms with Crippen LogP contribution in [0.25, 0.3) is 0 Å². The van der Waals surface area contributed by atoms with Crippen molar-refractivity contribution in [2.24, 2.45) is 5.41 Å². The highest BCUT2D eigenvalue weighted by atomic mass is 79.9. The summed E-state index contributed by atoms with van der Waals surface area (Å²) >= 11 is 4.77. The topological polar surface area (TPSA) is 40.5 Å². The van der Waals surface area contributed by atoms with E-state index >= 15 is 0 Å². The maximum absolute atomic E-state index is 11.3. The molecule has 1 unspecified atom stereocenters. The zero-order valence-corrected chi connectivity index (χ0v) is 12.3. The summed E-state index contributed by atoms with van der Waals surface area (Å²) in [7, 11) is 0. The van der Waals surface area contributed by atoms with Crippen LogP contribution in [0.3, 0.4) is 0 Å². The van der Waals surface area contributed by atoms with Crippen molar-refractivity contribution in [1.82, 2.24) is 4.31 Å². The lowest BCUT2D eigenvalue weighted by Gasteiger charge is -2.32. The van der Waals surface area contributed by atoms with Crippen LogP contribution in [0, 0.1) is 5.41 Å². The number of fused-ring (bicyclic) bond motifs is 1. The number of rotatable bonds is 0. The molecule has 1 aromatic carbocycles. The second kappa shape index (κ2) is 4.21. The fourth-order valence-electron chi connectivity index (χ4n) is 2.08. The highest BCUT2D eigenvalue weighted by Crippen LogP contribution is 2.53. The number of carbonyl (C=O) groups is 1. The first-order chi connectivity index (χ1) is 7.82. The van der Waals surface area contributed by atoms with E-state index in [4.69, 9.17) is 0 Å². The van der Waals surface area contributed by atoms with Crippen molar-refractivity contribution in [2.45, 2.75) is 31.7 Å². The minimum Gasteiger partial charge on any atom is -0.464 e. The molecule has 1 N–H and O–H groups in total. The van der Waals surface area contributed by atoms with Crippen LogP contribution in [0.15, 0.2) is 27.6 Å². The first kappa shape index (κ1) is 12.8. The van der Waals surface area contributed by atoms with E-state index in [0.717, 1.165) is 14.9 Å². The Balaban J connectivity index is 2.55. The van der Waals surface area contributed by atoms with Gasteiger partial charge >= 0.3 is 6.09 Å². The second-order valence-electron chi connectivity index (χ2n) is 5.13. The lowest BCUT2D eigenvalue weighted by Crippen LogP contribution is -2.32. The largest absolute Gasteiger partial charge is 0.464 e. The van der Waals surface area contributed by atoms with Crippen molar-refractivity contribution < 1.29 is 9.90 Å². The van der Waals surface area contributed by atoms with E-state index in [1.807, 2.05) is 18.2 Å². The third-order valence-corrected chi connectivity index (χ3v) is 4.85. The van der Waals surface area contributed by atoms with Gasteiger partial charge in [0, 0.05) is 9.37 Å². The Kier molecular flexibility index (Phi) is 3.16. The van der Waals surface area contributed by atoms with Gasteiger partial charge < -0.3 is 5.11 Å². The third kappa shape index (κ3) is 2.18. The average Bonchev–Trinajstić information content (AvgIpc) is 2.57. The molecule has 92 valence electrons. The van der Waals surface area contributed by atoms with Gasteiger partial charge in [0.25, 0.3) is 0 Å². The number of benzene rings is 1. The van der Waals surface area contributed by atoms with Gasteiger partial charge in [0.2, 0.25) is 0 Å². The number of hydrogen-bond acceptors (Lipinski definition) is 2. The molecule has 1 amide bonds. The van der Waals surface area contributed by atoms with Crippen LogP contribution in [0.4, 0.5) is 4.79 Å². The van der Waals surface area contributed by atoms with Crippen LogP contribution in [0.1, 0.15) is 32.4 Å². The van der Waals surface area contributed by atoms with Crippen LogP contribution in [-0.4, -0.2) is 15.5 Å². The van der Waals surface area contributed by atoms with Crippen molar-refractivity contribution >= 4 is 34.0 Å². The SMILES string of the molecule is CC(C)(C)C1c2cccc(Br)c2SN1C(=O)O. The number of hydrogen-bond donors (Lipinski definition) is 1. The summed E-state index contributed by atoms with van der Waals surface area (Å²) < 4.78 is 2.40. The van der Waals surface area contributed by atoms with Crippen molar-refractivity contribution in [3.8, 4) is 0 Å². The number of nitrogens with zero attached hydrogens (tertiary/aromatic N) is 1. The van der Waals surface area contributed by atoms with E-state index < -0.39 is 6.09 Å². The van der Waals surface area contributed by atoms with E-state index in [2.05, 4.69) is 36.7 Å². The van der Waals surface area contributed by atoms with Crippen molar-refractivity contribution in [3.05, 3.63) is 28.2 Å². The molecule has 0 radical (unpaired) electrons. The summed E-state index contributed by atoms with van der Waals surface area (Å²) in [5.41, 5.74) is 0.955. The van der Waals surface area contributed by atoms with E-state index in [1.165, 1.54) is 16.3 Å². The van der Waals surface area contributed by atoms with Gasteiger partial charge in [0.05, 0.1) is 6.04 Å². The molecule has 0 saturated heterocycles. The molecule has 0 saturated carbocycles. The molecule has 1 aromatic rings. The molecule has 0 bridgehead atoms. The molecular formula is C12H14BrNO2S. The molecule has 1 aliphatic rings. The number of halogens is 1. The Bertz CT molecular complexity index is 470. The van der Waals surface area contributed by atoms with E-state index in [1.54, 1.807) is 0 Å². The van der Waals surface area contributed by atoms with E-state index in [-0.39, 0.29) is 11.5 Å². The molecule has 0 aromatic heterocycles. The quantitative estimate of drug-likeness (QED) is 0.715. The zero-order chi connectivity index (χ0) is 12.8. The summed E-state index contributed by atoms with van der Waals surface area (Å²) in [6, 6.07) is 5.79. The Morgan fingerprint density at radius 2 is 2.12 bits per heavy atom. The van der Waals surface area contributed by atoms with Gasteiger partial charge in [-0.05, 0) is 44.9 Å². The number of amides is 1. The van der Waals surface area contributed by atoms with E-state index in [0.29, 0.717) is 0 Å². The summed E-state index contributed by atoms with van der Waals surface area (Å²) in [4.78, 5) is 12.3. The van der Waals surface area contributed by atoms with Crippen molar-refractivity contribution in [3.63, 3.8) is 0 Å². The molecule has 0 aliphatic carbocycles. The molecular weight excluding hydrogens is 302 g/mol. The second-order valence-corrected chi connectivity index (χ2v) is 6.96. The van der Waals surface area contributed by atoms with Gasteiger partial charge in [-0.3, -0.25) is 0 Å². The average molecular weight is 316 g/mol. The smallest absolute Gasteiger partial charge is 0.418 e. The predicted molar refractivity (Wildman–Crippen MR) is 72.1 cm³/mol. The summed E-state index contributed by atoms with van der Waals surface area (Å²) in [6.07, 6.45) is -0.891. The van der Waals surface area contributed by atoms with Gasteiger partial charge in [0.1, 0.15) is 0 Å². The molecule has 1 heterocycles. The minimum absolute atomic E-state index is 0.113. The highest BCUT2D eigenvalue weighted by molar-refractivity contribution is 9.10. The fraction of sp³-hybridized carbons (Fsp3) is 0.417. The molecule has 3 nitrogen and oxygen atoms in total. The maximum Gasteiger partial charge on any atom is 0.418 e. The van der Waals surface area contributed by atoms with Crippen LogP contribution >= 0.6 is 27.9 Å². The van der Waals surface area contributed by atoms with Crippen molar-refractivity contribution in [2.75, 3.05) is 0 Å². The lowest BCUT2D eigenvalue weighted by atomic mass is 9.82. The lowest BCUT2D eigenvalue weighted by molar-refractivity contribution is 0.138. The highest BCUT2D eigenvalue weighted by Gasteiger charge is 2.42. The molecule has 0 spiro atoms. The monoisotopic (exact) mass is 315 g/mol. The Labute approximate surface area is 113 Å². The zero-order valence-electron chi connectivity index (χ0n) is 9.90. The van der Waals surface area contributed by atoms with Crippen LogP contribution in [0.2, 0.25) is 0 Å². The van der Waals surface area contributed by atoms with Gasteiger partial charge in [-0.25, -0.2) is 9.10 Å². The minimum atomic E-state index is -0.891. The normalized spacial score (nSPS) is 19.3. The molecule has 2 rings (SSSR count). The Morgan fingerprint density at radius 1 is 1.47 bits per heavy atom. The molecule has 0 fully saturated rings. The first-order valence-electron chi connectivity index (χ1n) is 5.31. The standard InChI is InChI=1S/C12H14BrNO2S/c1-12(2,3)10-7-5-4-6-8(13)9(7)17-14(10)11(15)16/h4-6,10H,1-3H3,(H,15,16). The molecule has 1 atom stereocenters. The van der Waals surface area contributed by atoms with Gasteiger partial charge in [-0.15, -0.1) is 0 Å². The van der Waals surface area contributed by atoms with Gasteiger partial charge in [0.15, 0.2) is 0 Å². The summed E-state index contributed by atoms with van der Waals surface area (Å²) in [5, 5.41) is 9.30. The van der Waals surface area contributed by atoms with Crippen LogP contribution < -0.4 is 0 Å². The fourth-order valence-corrected chi connectivity index (χ4v) is 3.93. The Morgan fingerprint density at radius 3 is 2.65 bits per heavy atom. The van der Waals surface area contributed by atoms with Crippen molar-refractivity contribution in [1.29, 1.82) is 0 Å². The molecule has 1 aliphatic heterocycles. The van der Waals surface area contributed by atoms with Crippen LogP contribution in [0.5, 0.6) is 0 Å². The molecule has 17 heavy (non-hydrogen) atoms. The van der Waals surface area contributed by atoms with Crippen LogP contribution in [-0.2, 0) is 0 Å². The Hall–Kier alpha value is -0.680. The summed E-state index contributed by atoms with van der Waals surface area (Å²) in [5.74, 6) is 0. The third-order valence-electron chi connectivity index (χ3n) is 2.73. The predicted octanol–water partition coefficient (Wildman–Crippen LogP) is 4.54. The van der Waals surface area contributed by atoms with E-state index in [9.17, 15) is 9.90 Å². The van der Waals surface area contributed by atoms with Gasteiger partial charge in [-0.2, -0.15) is 0 Å². The maximum atomic E-state index is 11.3.